The van der Waals surface area contributed by atoms with Gasteiger partial charge in [-0.1, -0.05) is 6.08 Å². The highest BCUT2D eigenvalue weighted by atomic mass is 19.1. The van der Waals surface area contributed by atoms with Crippen LogP contribution in [0.15, 0.2) is 24.7 Å². The van der Waals surface area contributed by atoms with Crippen LogP contribution in [0.1, 0.15) is 32.8 Å². The molecule has 1 aliphatic rings. The number of fused-ring (bicyclic) bond motifs is 1. The van der Waals surface area contributed by atoms with E-state index in [1.54, 1.807) is 15.6 Å². The van der Waals surface area contributed by atoms with Gasteiger partial charge in [0.2, 0.25) is 0 Å². The molecule has 1 aliphatic heterocycles. The summed E-state index contributed by atoms with van der Waals surface area (Å²) in [5.74, 6) is -0.331. The van der Waals surface area contributed by atoms with Crippen molar-refractivity contribution in [3.63, 3.8) is 0 Å². The van der Waals surface area contributed by atoms with Crippen molar-refractivity contribution in [2.24, 2.45) is 0 Å². The van der Waals surface area contributed by atoms with Gasteiger partial charge in [0, 0.05) is 30.9 Å². The quantitative estimate of drug-likeness (QED) is 0.811. The summed E-state index contributed by atoms with van der Waals surface area (Å²) in [5, 5.41) is 4.03. The molecule has 0 N–H and O–H groups in total. The molecule has 23 heavy (non-hydrogen) atoms. The zero-order valence-electron chi connectivity index (χ0n) is 13.4. The summed E-state index contributed by atoms with van der Waals surface area (Å²) in [6.45, 7) is 6.39. The smallest absolute Gasteiger partial charge is 0.410 e. The number of amides is 1. The van der Waals surface area contributed by atoms with Gasteiger partial charge in [0.05, 0.1) is 0 Å². The fourth-order valence-electron chi connectivity index (χ4n) is 2.48. The van der Waals surface area contributed by atoms with Crippen molar-refractivity contribution in [2.45, 2.75) is 32.8 Å². The van der Waals surface area contributed by atoms with Crippen molar-refractivity contribution < 1.29 is 13.9 Å². The van der Waals surface area contributed by atoms with Crippen LogP contribution in [-0.4, -0.2) is 44.3 Å². The van der Waals surface area contributed by atoms with Crippen LogP contribution in [0.25, 0.3) is 11.2 Å². The van der Waals surface area contributed by atoms with Crippen LogP contribution in [0, 0.1) is 5.82 Å². The number of aromatic nitrogens is 3. The van der Waals surface area contributed by atoms with Gasteiger partial charge in [0.25, 0.3) is 0 Å². The Morgan fingerprint density at radius 1 is 1.39 bits per heavy atom. The largest absolute Gasteiger partial charge is 0.444 e. The van der Waals surface area contributed by atoms with Gasteiger partial charge >= 0.3 is 6.09 Å². The summed E-state index contributed by atoms with van der Waals surface area (Å²) < 4.78 is 21.1. The third kappa shape index (κ3) is 3.33. The first-order valence-electron chi connectivity index (χ1n) is 7.50. The van der Waals surface area contributed by atoms with Crippen molar-refractivity contribution in [1.29, 1.82) is 0 Å². The van der Waals surface area contributed by atoms with Gasteiger partial charge < -0.3 is 9.64 Å². The molecule has 0 atom stereocenters. The summed E-state index contributed by atoms with van der Waals surface area (Å²) in [6, 6.07) is 1.36. The SMILES string of the molecule is CC(C)(C)OC(=O)N1CC=C(c2cn3ncnc3cc2F)CC1. The Morgan fingerprint density at radius 3 is 2.83 bits per heavy atom. The van der Waals surface area contributed by atoms with Crippen molar-refractivity contribution in [3.8, 4) is 0 Å². The molecule has 0 unspecified atom stereocenters. The monoisotopic (exact) mass is 318 g/mol. The molecule has 0 aromatic carbocycles. The van der Waals surface area contributed by atoms with E-state index in [1.807, 2.05) is 26.8 Å². The summed E-state index contributed by atoms with van der Waals surface area (Å²) in [4.78, 5) is 17.6. The van der Waals surface area contributed by atoms with Crippen LogP contribution in [0.4, 0.5) is 9.18 Å². The van der Waals surface area contributed by atoms with Crippen LogP contribution in [0.5, 0.6) is 0 Å². The molecule has 2 aromatic heterocycles. The van der Waals surface area contributed by atoms with Gasteiger partial charge in [-0.2, -0.15) is 5.10 Å². The average Bonchev–Trinajstić information content (AvgIpc) is 2.92. The van der Waals surface area contributed by atoms with Gasteiger partial charge in [0.15, 0.2) is 5.65 Å². The van der Waals surface area contributed by atoms with Gasteiger partial charge in [-0.05, 0) is 32.8 Å². The predicted octanol–water partition coefficient (Wildman–Crippen LogP) is 2.89. The lowest BCUT2D eigenvalue weighted by atomic mass is 10.0. The Bertz CT molecular complexity index is 776. The van der Waals surface area contributed by atoms with Gasteiger partial charge in [-0.3, -0.25) is 0 Å². The number of carbonyl (C=O) groups is 1. The molecule has 0 saturated carbocycles. The van der Waals surface area contributed by atoms with Gasteiger partial charge in [-0.15, -0.1) is 0 Å². The van der Waals surface area contributed by atoms with E-state index in [4.69, 9.17) is 4.74 Å². The lowest BCUT2D eigenvalue weighted by Crippen LogP contribution is -2.39. The standard InChI is InChI=1S/C16H19FN4O2/c1-16(2,3)23-15(22)20-6-4-11(5-7-20)12-9-21-14(8-13(12)17)18-10-19-21/h4,8-10H,5-7H2,1-3H3. The Labute approximate surface area is 133 Å². The number of carbonyl (C=O) groups excluding carboxylic acids is 1. The maximum atomic E-state index is 14.2. The second-order valence-corrected chi connectivity index (χ2v) is 6.50. The van der Waals surface area contributed by atoms with E-state index in [1.165, 1.54) is 12.4 Å². The lowest BCUT2D eigenvalue weighted by molar-refractivity contribution is 0.0270. The fraction of sp³-hybridized carbons (Fsp3) is 0.438. The maximum absolute atomic E-state index is 14.2. The van der Waals surface area contributed by atoms with Crippen LogP contribution < -0.4 is 0 Å². The van der Waals surface area contributed by atoms with E-state index in [-0.39, 0.29) is 11.9 Å². The summed E-state index contributed by atoms with van der Waals surface area (Å²) >= 11 is 0. The third-order valence-electron chi connectivity index (χ3n) is 3.57. The Morgan fingerprint density at radius 2 is 2.17 bits per heavy atom. The van der Waals surface area contributed by atoms with Crippen LogP contribution >= 0.6 is 0 Å². The van der Waals surface area contributed by atoms with Gasteiger partial charge in [0.1, 0.15) is 17.7 Å². The first-order valence-corrected chi connectivity index (χ1v) is 7.50. The maximum Gasteiger partial charge on any atom is 0.410 e. The highest BCUT2D eigenvalue weighted by Gasteiger charge is 2.24. The van der Waals surface area contributed by atoms with Gasteiger partial charge in [-0.25, -0.2) is 18.7 Å². The summed E-state index contributed by atoms with van der Waals surface area (Å²) in [7, 11) is 0. The molecular weight excluding hydrogens is 299 g/mol. The normalized spacial score (nSPS) is 15.7. The van der Waals surface area contributed by atoms with E-state index in [9.17, 15) is 9.18 Å². The molecule has 3 heterocycles. The molecule has 122 valence electrons. The molecule has 2 aromatic rings. The lowest BCUT2D eigenvalue weighted by Gasteiger charge is -2.29. The molecule has 6 nitrogen and oxygen atoms in total. The van der Waals surface area contributed by atoms with Crippen LogP contribution in [-0.2, 0) is 4.74 Å². The van der Waals surface area contributed by atoms with E-state index in [2.05, 4.69) is 10.1 Å². The van der Waals surface area contributed by atoms with Crippen LogP contribution in [0.3, 0.4) is 0 Å². The topological polar surface area (TPSA) is 59.7 Å². The summed E-state index contributed by atoms with van der Waals surface area (Å²) in [6.07, 6.45) is 5.09. The second-order valence-electron chi connectivity index (χ2n) is 6.50. The second kappa shape index (κ2) is 5.64. The van der Waals surface area contributed by atoms with E-state index >= 15 is 0 Å². The molecule has 7 heteroatoms. The van der Waals surface area contributed by atoms with E-state index < -0.39 is 5.60 Å². The first-order chi connectivity index (χ1) is 10.8. The highest BCUT2D eigenvalue weighted by molar-refractivity contribution is 5.73. The van der Waals surface area contributed by atoms with Crippen molar-refractivity contribution >= 4 is 17.3 Å². The fourth-order valence-corrected chi connectivity index (χ4v) is 2.48. The highest BCUT2D eigenvalue weighted by Crippen LogP contribution is 2.26. The zero-order valence-corrected chi connectivity index (χ0v) is 13.4. The Hall–Kier alpha value is -2.44. The molecule has 0 radical (unpaired) electrons. The predicted molar refractivity (Wildman–Crippen MR) is 83.3 cm³/mol. The number of rotatable bonds is 1. The average molecular weight is 318 g/mol. The Balaban J connectivity index is 1.77. The number of halogens is 1. The molecule has 0 bridgehead atoms. The minimum atomic E-state index is -0.523. The minimum absolute atomic E-state index is 0.331. The molecule has 1 amide bonds. The van der Waals surface area contributed by atoms with Crippen molar-refractivity contribution in [1.82, 2.24) is 19.5 Å². The zero-order chi connectivity index (χ0) is 16.6. The molecular formula is C16H19FN4O2. The minimum Gasteiger partial charge on any atom is -0.444 e. The number of hydrogen-bond acceptors (Lipinski definition) is 4. The number of ether oxygens (including phenoxy) is 1. The molecule has 3 rings (SSSR count). The molecule has 0 saturated heterocycles. The molecule has 0 fully saturated rings. The van der Waals surface area contributed by atoms with Crippen molar-refractivity contribution in [2.75, 3.05) is 13.1 Å². The number of pyridine rings is 1. The van der Waals surface area contributed by atoms with E-state index in [0.717, 1.165) is 5.57 Å². The molecule has 0 aliphatic carbocycles. The van der Waals surface area contributed by atoms with Crippen LogP contribution in [0.2, 0.25) is 0 Å². The molecule has 0 spiro atoms. The van der Waals surface area contributed by atoms with Crippen molar-refractivity contribution in [3.05, 3.63) is 36.0 Å². The summed E-state index contributed by atoms with van der Waals surface area (Å²) in [5.41, 5.74) is 1.30. The number of nitrogens with zero attached hydrogens (tertiary/aromatic N) is 4. The number of hydrogen-bond donors (Lipinski definition) is 0. The first kappa shape index (κ1) is 15.5. The van der Waals surface area contributed by atoms with E-state index in [0.29, 0.717) is 30.7 Å². The third-order valence-corrected chi connectivity index (χ3v) is 3.57. The Kier molecular flexibility index (Phi) is 3.79.